The van der Waals surface area contributed by atoms with Crippen LogP contribution in [0.5, 0.6) is 0 Å². The first-order valence-electron chi connectivity index (χ1n) is 9.20. The van der Waals surface area contributed by atoms with Crippen molar-refractivity contribution in [1.29, 1.82) is 0 Å². The van der Waals surface area contributed by atoms with Crippen LogP contribution in [0.4, 0.5) is 16.2 Å². The molecule has 144 valence electrons. The second kappa shape index (κ2) is 8.10. The number of anilines is 2. The van der Waals surface area contributed by atoms with E-state index in [-0.39, 0.29) is 18.0 Å². The Kier molecular flexibility index (Phi) is 5.20. The van der Waals surface area contributed by atoms with Crippen LogP contribution in [0, 0.1) is 0 Å². The van der Waals surface area contributed by atoms with Gasteiger partial charge in [-0.1, -0.05) is 18.2 Å². The normalized spacial score (nSPS) is 16.1. The molecular formula is C20H21N5O3. The molecule has 1 saturated heterocycles. The first kappa shape index (κ1) is 18.0. The Morgan fingerprint density at radius 2 is 1.82 bits per heavy atom. The zero-order valence-electron chi connectivity index (χ0n) is 15.2. The van der Waals surface area contributed by atoms with E-state index < -0.39 is 0 Å². The number of nitrogens with zero attached hydrogens (tertiary/aromatic N) is 1. The first-order valence-corrected chi connectivity index (χ1v) is 9.20. The van der Waals surface area contributed by atoms with E-state index in [0.717, 1.165) is 30.4 Å². The van der Waals surface area contributed by atoms with Gasteiger partial charge in [0, 0.05) is 29.9 Å². The lowest BCUT2D eigenvalue weighted by molar-refractivity contribution is 0.102. The van der Waals surface area contributed by atoms with Crippen LogP contribution in [0.1, 0.15) is 23.3 Å². The molecule has 0 unspecified atom stereocenters. The molecule has 4 N–H and O–H groups in total. The number of aromatic amines is 1. The molecule has 0 spiro atoms. The Morgan fingerprint density at radius 3 is 2.57 bits per heavy atom. The molecule has 28 heavy (non-hydrogen) atoms. The van der Waals surface area contributed by atoms with E-state index in [1.165, 1.54) is 0 Å². The van der Waals surface area contributed by atoms with Gasteiger partial charge < -0.3 is 20.7 Å². The average molecular weight is 379 g/mol. The van der Waals surface area contributed by atoms with E-state index in [4.69, 9.17) is 4.74 Å². The minimum atomic E-state index is -0.299. The molecule has 1 aromatic heterocycles. The summed E-state index contributed by atoms with van der Waals surface area (Å²) in [4.78, 5) is 24.4. The maximum Gasteiger partial charge on any atom is 0.319 e. The quantitative estimate of drug-likeness (QED) is 0.546. The van der Waals surface area contributed by atoms with Gasteiger partial charge in [0.25, 0.3) is 5.91 Å². The van der Waals surface area contributed by atoms with Crippen molar-refractivity contribution in [2.45, 2.75) is 18.9 Å². The standard InChI is InChI=1S/C20H21N5O3/c26-19(18-16-5-1-2-6-17(16)24-25-18)22-13-7-9-14(10-8-13)23-20(27)21-12-15-4-3-11-28-15/h1-2,5-10,15H,3-4,11-12H2,(H,22,26)(H,24,25)(H2,21,23,27)/t15-/m0/s1. The minimum Gasteiger partial charge on any atom is -0.376 e. The fourth-order valence-electron chi connectivity index (χ4n) is 3.15. The monoisotopic (exact) mass is 379 g/mol. The van der Waals surface area contributed by atoms with E-state index in [2.05, 4.69) is 26.1 Å². The van der Waals surface area contributed by atoms with Gasteiger partial charge >= 0.3 is 6.03 Å². The van der Waals surface area contributed by atoms with Gasteiger partial charge in [-0.25, -0.2) is 4.79 Å². The molecule has 3 amide bonds. The summed E-state index contributed by atoms with van der Waals surface area (Å²) in [5, 5.41) is 16.1. The van der Waals surface area contributed by atoms with Gasteiger partial charge in [0.05, 0.1) is 11.6 Å². The zero-order chi connectivity index (χ0) is 19.3. The van der Waals surface area contributed by atoms with E-state index in [1.54, 1.807) is 24.3 Å². The molecule has 2 aromatic carbocycles. The second-order valence-electron chi connectivity index (χ2n) is 6.62. The van der Waals surface area contributed by atoms with Gasteiger partial charge in [0.15, 0.2) is 5.69 Å². The lowest BCUT2D eigenvalue weighted by Gasteiger charge is -2.12. The summed E-state index contributed by atoms with van der Waals surface area (Å²) in [5.41, 5.74) is 2.39. The highest BCUT2D eigenvalue weighted by molar-refractivity contribution is 6.11. The Labute approximate surface area is 161 Å². The van der Waals surface area contributed by atoms with Gasteiger partial charge in [-0.3, -0.25) is 9.89 Å². The highest BCUT2D eigenvalue weighted by atomic mass is 16.5. The molecular weight excluding hydrogens is 358 g/mol. The van der Waals surface area contributed by atoms with Crippen LogP contribution in [-0.2, 0) is 4.74 Å². The number of nitrogens with one attached hydrogen (secondary N) is 4. The SMILES string of the molecule is O=C(NC[C@@H]1CCCO1)Nc1ccc(NC(=O)c2n[nH]c3ccccc23)cc1. The van der Waals surface area contributed by atoms with Crippen LogP contribution in [-0.4, -0.2) is 41.4 Å². The van der Waals surface area contributed by atoms with E-state index in [9.17, 15) is 9.59 Å². The number of fused-ring (bicyclic) bond motifs is 1. The predicted molar refractivity (Wildman–Crippen MR) is 106 cm³/mol. The molecule has 0 aliphatic carbocycles. The Bertz CT molecular complexity index is 977. The number of urea groups is 1. The third kappa shape index (κ3) is 4.12. The van der Waals surface area contributed by atoms with Crippen molar-refractivity contribution >= 4 is 34.2 Å². The molecule has 0 saturated carbocycles. The van der Waals surface area contributed by atoms with E-state index >= 15 is 0 Å². The number of hydrogen-bond acceptors (Lipinski definition) is 4. The van der Waals surface area contributed by atoms with Gasteiger partial charge in [-0.15, -0.1) is 0 Å². The Balaban J connectivity index is 1.32. The molecule has 8 heteroatoms. The van der Waals surface area contributed by atoms with Gasteiger partial charge in [-0.05, 0) is 43.2 Å². The summed E-state index contributed by atoms with van der Waals surface area (Å²) in [6.07, 6.45) is 2.11. The van der Waals surface area contributed by atoms with Crippen LogP contribution in [0.25, 0.3) is 10.9 Å². The molecule has 1 fully saturated rings. The largest absolute Gasteiger partial charge is 0.376 e. The van der Waals surface area contributed by atoms with Crippen LogP contribution < -0.4 is 16.0 Å². The molecule has 0 bridgehead atoms. The van der Waals surface area contributed by atoms with Crippen molar-refractivity contribution in [3.05, 3.63) is 54.2 Å². The molecule has 8 nitrogen and oxygen atoms in total. The molecule has 2 heterocycles. The summed E-state index contributed by atoms with van der Waals surface area (Å²) in [6.45, 7) is 1.26. The number of carbonyl (C=O) groups is 2. The van der Waals surface area contributed by atoms with Crippen molar-refractivity contribution in [3.63, 3.8) is 0 Å². The molecule has 1 atom stereocenters. The number of ether oxygens (including phenoxy) is 1. The molecule has 0 radical (unpaired) electrons. The average Bonchev–Trinajstić information content (AvgIpc) is 3.37. The molecule has 3 aromatic rings. The van der Waals surface area contributed by atoms with E-state index in [1.807, 2.05) is 24.3 Å². The fourth-order valence-corrected chi connectivity index (χ4v) is 3.15. The first-order chi connectivity index (χ1) is 13.7. The Hall–Kier alpha value is -3.39. The maximum atomic E-state index is 12.5. The number of benzene rings is 2. The maximum absolute atomic E-state index is 12.5. The molecule has 1 aliphatic rings. The lowest BCUT2D eigenvalue weighted by atomic mass is 10.2. The number of H-pyrrole nitrogens is 1. The van der Waals surface area contributed by atoms with Gasteiger partial charge in [0.2, 0.25) is 0 Å². The number of aromatic nitrogens is 2. The van der Waals surface area contributed by atoms with Gasteiger partial charge in [-0.2, -0.15) is 5.10 Å². The number of hydrogen-bond donors (Lipinski definition) is 4. The number of amides is 3. The van der Waals surface area contributed by atoms with E-state index in [0.29, 0.717) is 23.6 Å². The summed E-state index contributed by atoms with van der Waals surface area (Å²) in [5.74, 6) is -0.299. The topological polar surface area (TPSA) is 108 Å². The van der Waals surface area contributed by atoms with Crippen molar-refractivity contribution < 1.29 is 14.3 Å². The summed E-state index contributed by atoms with van der Waals surface area (Å²) >= 11 is 0. The number of para-hydroxylation sites is 1. The molecule has 4 rings (SSSR count). The third-order valence-corrected chi connectivity index (χ3v) is 4.60. The summed E-state index contributed by atoms with van der Waals surface area (Å²) in [6, 6.07) is 14.1. The number of rotatable bonds is 5. The third-order valence-electron chi connectivity index (χ3n) is 4.60. The summed E-state index contributed by atoms with van der Waals surface area (Å²) < 4.78 is 5.47. The Morgan fingerprint density at radius 1 is 1.07 bits per heavy atom. The van der Waals surface area contributed by atoms with Crippen molar-refractivity contribution in [2.24, 2.45) is 0 Å². The van der Waals surface area contributed by atoms with Crippen LogP contribution in [0.15, 0.2) is 48.5 Å². The zero-order valence-corrected chi connectivity index (χ0v) is 15.2. The van der Waals surface area contributed by atoms with Crippen LogP contribution in [0.2, 0.25) is 0 Å². The predicted octanol–water partition coefficient (Wildman–Crippen LogP) is 3.12. The van der Waals surface area contributed by atoms with Crippen molar-refractivity contribution in [1.82, 2.24) is 15.5 Å². The van der Waals surface area contributed by atoms with Crippen LogP contribution in [0.3, 0.4) is 0 Å². The fraction of sp³-hybridized carbons (Fsp3) is 0.250. The number of carbonyl (C=O) groups excluding carboxylic acids is 2. The lowest BCUT2D eigenvalue weighted by Crippen LogP contribution is -2.35. The minimum absolute atomic E-state index is 0.0986. The van der Waals surface area contributed by atoms with Crippen molar-refractivity contribution in [3.8, 4) is 0 Å². The van der Waals surface area contributed by atoms with Gasteiger partial charge in [0.1, 0.15) is 0 Å². The highest BCUT2D eigenvalue weighted by Crippen LogP contribution is 2.18. The van der Waals surface area contributed by atoms with Crippen molar-refractivity contribution in [2.75, 3.05) is 23.8 Å². The van der Waals surface area contributed by atoms with Crippen LogP contribution >= 0.6 is 0 Å². The molecule has 1 aliphatic heterocycles. The summed E-state index contributed by atoms with van der Waals surface area (Å²) in [7, 11) is 0. The second-order valence-corrected chi connectivity index (χ2v) is 6.62. The highest BCUT2D eigenvalue weighted by Gasteiger charge is 2.16. The smallest absolute Gasteiger partial charge is 0.319 e.